The van der Waals surface area contributed by atoms with E-state index in [0.29, 0.717) is 0 Å². The zero-order valence-electron chi connectivity index (χ0n) is 15.8. The molecule has 0 heterocycles. The Kier molecular flexibility index (Phi) is 46.5. The Morgan fingerprint density at radius 2 is 0.818 bits per heavy atom. The summed E-state index contributed by atoms with van der Waals surface area (Å²) < 4.78 is 16.4. The summed E-state index contributed by atoms with van der Waals surface area (Å²) in [5.41, 5.74) is 0. The summed E-state index contributed by atoms with van der Waals surface area (Å²) >= 11 is 0. The fourth-order valence-corrected chi connectivity index (χ4v) is 0.0833. The Balaban J connectivity index is -0.0000000559. The van der Waals surface area contributed by atoms with Crippen molar-refractivity contribution in [1.82, 2.24) is 4.90 Å². The van der Waals surface area contributed by atoms with Crippen LogP contribution in [-0.4, -0.2) is 79.5 Å². The lowest BCUT2D eigenvalue weighted by molar-refractivity contribution is -0.137. The normalized spacial score (nSPS) is 7.09. The molecule has 0 fully saturated rings. The lowest BCUT2D eigenvalue weighted by atomic mass is 10.6. The van der Waals surface area contributed by atoms with Gasteiger partial charge in [-0.1, -0.05) is 0 Å². The molecular weight excluding hydrogens is 294 g/mol. The van der Waals surface area contributed by atoms with Gasteiger partial charge in [-0.05, 0) is 35.0 Å². The third-order valence-corrected chi connectivity index (χ3v) is 0.621. The average molecular weight is 327 g/mol. The van der Waals surface area contributed by atoms with E-state index < -0.39 is 6.16 Å². The van der Waals surface area contributed by atoms with E-state index in [4.69, 9.17) is 0 Å². The Morgan fingerprint density at radius 3 is 0.818 bits per heavy atom. The molecule has 0 saturated carbocycles. The van der Waals surface area contributed by atoms with Gasteiger partial charge in [-0.15, -0.1) is 0 Å². The van der Waals surface area contributed by atoms with Gasteiger partial charge in [0.15, 0.2) is 0 Å². The Labute approximate surface area is 134 Å². The predicted octanol–water partition coefficient (Wildman–Crippen LogP) is 1.61. The fourth-order valence-electron chi connectivity index (χ4n) is 0.0833. The van der Waals surface area contributed by atoms with Gasteiger partial charge in [-0.3, -0.25) is 4.79 Å². The molecule has 0 aliphatic heterocycles. The van der Waals surface area contributed by atoms with Crippen molar-refractivity contribution in [2.75, 3.05) is 56.7 Å². The quantitative estimate of drug-likeness (QED) is 0.620. The first kappa shape index (κ1) is 32.3. The fraction of sp³-hybridized carbons (Fsp3) is 0.786. The highest BCUT2D eigenvalue weighted by Crippen LogP contribution is 1.72. The smallest absolute Gasteiger partial charge is 0.469 e. The molecule has 0 radical (unpaired) electrons. The van der Waals surface area contributed by atoms with Crippen molar-refractivity contribution in [1.29, 1.82) is 0 Å². The lowest BCUT2D eigenvalue weighted by Crippen LogP contribution is -1.99. The molecular formula is C14H33NO7. The number of rotatable bonds is 0. The monoisotopic (exact) mass is 327 g/mol. The van der Waals surface area contributed by atoms with Gasteiger partial charge in [-0.25, -0.2) is 4.79 Å². The van der Waals surface area contributed by atoms with Crippen LogP contribution < -0.4 is 0 Å². The standard InChI is InChI=1S/C3H9N.C3H6O3.C3H6O2.C3H6O.C2H6O/c1-4(2)3;1-5-3(4)6-2;1-3(4)5-2;1-3(2)4;1-3-2/h1-3H3;1-2H3;1-2H3;1-2H3;1-2H3. The molecule has 0 amide bonds. The van der Waals surface area contributed by atoms with E-state index in [1.807, 2.05) is 26.0 Å². The first-order valence-electron chi connectivity index (χ1n) is 6.11. The molecule has 0 aromatic rings. The number of ketones is 1. The molecule has 0 bridgehead atoms. The van der Waals surface area contributed by atoms with Crippen LogP contribution in [0.25, 0.3) is 0 Å². The second-order valence-electron chi connectivity index (χ2n) is 4.01. The number of hydrogen-bond acceptors (Lipinski definition) is 8. The van der Waals surface area contributed by atoms with Crippen molar-refractivity contribution in [2.24, 2.45) is 0 Å². The van der Waals surface area contributed by atoms with Crippen molar-refractivity contribution >= 4 is 17.9 Å². The van der Waals surface area contributed by atoms with Crippen molar-refractivity contribution < 1.29 is 33.3 Å². The van der Waals surface area contributed by atoms with Crippen LogP contribution in [0.5, 0.6) is 0 Å². The second kappa shape index (κ2) is 31.6. The topological polar surface area (TPSA) is 91.4 Å². The van der Waals surface area contributed by atoms with Crippen molar-refractivity contribution in [3.63, 3.8) is 0 Å². The van der Waals surface area contributed by atoms with Gasteiger partial charge < -0.3 is 28.6 Å². The molecule has 0 spiro atoms. The minimum Gasteiger partial charge on any atom is -0.469 e. The zero-order chi connectivity index (χ0) is 19.1. The minimum absolute atomic E-state index is 0.167. The number of esters is 1. The Bertz CT molecular complexity index is 231. The number of ether oxygens (including phenoxy) is 4. The number of carbonyl (C=O) groups is 3. The first-order valence-corrected chi connectivity index (χ1v) is 6.11. The van der Waals surface area contributed by atoms with Crippen LogP contribution in [0.2, 0.25) is 0 Å². The molecule has 0 N–H and O–H groups in total. The summed E-state index contributed by atoms with van der Waals surface area (Å²) in [5, 5.41) is 0. The zero-order valence-corrected chi connectivity index (χ0v) is 15.8. The van der Waals surface area contributed by atoms with Crippen LogP contribution in [0.3, 0.4) is 0 Å². The first-order chi connectivity index (χ1) is 9.96. The van der Waals surface area contributed by atoms with Gasteiger partial charge >= 0.3 is 12.1 Å². The van der Waals surface area contributed by atoms with Gasteiger partial charge in [0, 0.05) is 21.1 Å². The average Bonchev–Trinajstić information content (AvgIpc) is 2.38. The largest absolute Gasteiger partial charge is 0.507 e. The van der Waals surface area contributed by atoms with Gasteiger partial charge in [0.2, 0.25) is 0 Å². The summed E-state index contributed by atoms with van der Waals surface area (Å²) in [6.07, 6.45) is -0.657. The van der Waals surface area contributed by atoms with E-state index in [-0.39, 0.29) is 11.8 Å². The van der Waals surface area contributed by atoms with E-state index in [0.717, 1.165) is 0 Å². The van der Waals surface area contributed by atoms with Crippen LogP contribution in [0, 0.1) is 0 Å². The van der Waals surface area contributed by atoms with E-state index in [1.54, 1.807) is 14.2 Å². The van der Waals surface area contributed by atoms with E-state index in [2.05, 4.69) is 18.9 Å². The van der Waals surface area contributed by atoms with Crippen LogP contribution in [0.1, 0.15) is 20.8 Å². The second-order valence-corrected chi connectivity index (χ2v) is 4.01. The molecule has 0 aromatic heterocycles. The third kappa shape index (κ3) is 294. The van der Waals surface area contributed by atoms with Crippen LogP contribution in [-0.2, 0) is 28.5 Å². The molecule has 0 rings (SSSR count). The number of Topliss-reactive ketones (excluding diaryl/α,β-unsaturated/α-hetero) is 1. The molecule has 0 aliphatic rings. The summed E-state index contributed by atoms with van der Waals surface area (Å²) in [5.74, 6) is -0.0787. The maximum absolute atomic E-state index is 9.74. The van der Waals surface area contributed by atoms with Crippen LogP contribution in [0.4, 0.5) is 4.79 Å². The number of nitrogens with zero attached hydrogens (tertiary/aromatic N) is 1. The van der Waals surface area contributed by atoms with Crippen molar-refractivity contribution in [3.8, 4) is 0 Å². The van der Waals surface area contributed by atoms with Crippen molar-refractivity contribution in [3.05, 3.63) is 0 Å². The van der Waals surface area contributed by atoms with E-state index in [9.17, 15) is 14.4 Å². The van der Waals surface area contributed by atoms with Crippen molar-refractivity contribution in [2.45, 2.75) is 20.8 Å². The SMILES string of the molecule is CC(C)=O.CN(C)C.COC.COC(=O)OC.COC(C)=O. The van der Waals surface area contributed by atoms with Gasteiger partial charge in [0.05, 0.1) is 21.3 Å². The molecule has 0 aliphatic carbocycles. The molecule has 22 heavy (non-hydrogen) atoms. The highest BCUT2D eigenvalue weighted by atomic mass is 16.7. The lowest BCUT2D eigenvalue weighted by Gasteiger charge is -1.90. The van der Waals surface area contributed by atoms with Gasteiger partial charge in [0.25, 0.3) is 0 Å². The Morgan fingerprint density at radius 1 is 0.682 bits per heavy atom. The maximum atomic E-state index is 9.74. The Hall–Kier alpha value is -1.67. The van der Waals surface area contributed by atoms with E-state index >= 15 is 0 Å². The third-order valence-electron chi connectivity index (χ3n) is 0.621. The highest BCUT2D eigenvalue weighted by molar-refractivity contribution is 5.72. The highest BCUT2D eigenvalue weighted by Gasteiger charge is 1.88. The van der Waals surface area contributed by atoms with Crippen LogP contribution in [0.15, 0.2) is 0 Å². The predicted molar refractivity (Wildman–Crippen MR) is 86.0 cm³/mol. The van der Waals surface area contributed by atoms with Crippen LogP contribution >= 0.6 is 0 Å². The number of carbonyl (C=O) groups excluding carboxylic acids is 3. The number of hydrogen-bond donors (Lipinski definition) is 0. The summed E-state index contributed by atoms with van der Waals surface area (Å²) in [6, 6.07) is 0. The molecule has 0 unspecified atom stereocenters. The molecule has 8 nitrogen and oxygen atoms in total. The maximum Gasteiger partial charge on any atom is 0.507 e. The summed E-state index contributed by atoms with van der Waals surface area (Å²) in [4.78, 5) is 30.8. The molecule has 136 valence electrons. The molecule has 0 aromatic carbocycles. The minimum atomic E-state index is -0.657. The van der Waals surface area contributed by atoms with Gasteiger partial charge in [-0.2, -0.15) is 0 Å². The van der Waals surface area contributed by atoms with E-state index in [1.165, 1.54) is 42.1 Å². The molecule has 0 saturated heterocycles. The van der Waals surface area contributed by atoms with Gasteiger partial charge in [0.1, 0.15) is 5.78 Å². The molecule has 0 atom stereocenters. The number of methoxy groups -OCH3 is 4. The summed E-state index contributed by atoms with van der Waals surface area (Å²) in [7, 11) is 13.1. The summed E-state index contributed by atoms with van der Waals surface area (Å²) in [6.45, 7) is 4.42. The molecule has 8 heteroatoms.